The summed E-state index contributed by atoms with van der Waals surface area (Å²) in [5.74, 6) is 1.17. The first-order valence-electron chi connectivity index (χ1n) is 25.6. The Morgan fingerprint density at radius 1 is 0.314 bits per heavy atom. The molecular formula is C65H41N5. The molecule has 0 spiro atoms. The summed E-state index contributed by atoms with van der Waals surface area (Å²) in [6.45, 7) is 0. The van der Waals surface area contributed by atoms with Crippen molar-refractivity contribution in [3.8, 4) is 45.3 Å². The van der Waals surface area contributed by atoms with Gasteiger partial charge in [0.25, 0.3) is 0 Å². The summed E-state index contributed by atoms with van der Waals surface area (Å²) in [6, 6.07) is 77.9. The first-order chi connectivity index (χ1) is 36.4. The Hall–Kier alpha value is -9.45. The number of para-hydroxylation sites is 8. The van der Waals surface area contributed by atoms with Gasteiger partial charge in [-0.25, -0.2) is 4.98 Å². The number of fused-ring (bicyclic) bond motifs is 12. The van der Waals surface area contributed by atoms with E-state index in [0.717, 1.165) is 105 Å². The van der Waals surface area contributed by atoms with E-state index in [1.807, 2.05) is 28.8 Å². The Kier molecular flexibility index (Phi) is 7.47. The summed E-state index contributed by atoms with van der Waals surface area (Å²) in [5.41, 5.74) is 13.4. The van der Waals surface area contributed by atoms with Crippen LogP contribution in [0, 0.1) is 0 Å². The third kappa shape index (κ3) is 5.51. The highest BCUT2D eigenvalue weighted by atomic mass is 15.1. The van der Waals surface area contributed by atoms with E-state index in [9.17, 15) is 2.74 Å². The van der Waals surface area contributed by atoms with Crippen LogP contribution < -0.4 is 0 Å². The van der Waals surface area contributed by atoms with Gasteiger partial charge in [-0.05, 0) is 95.5 Å². The van der Waals surface area contributed by atoms with Crippen molar-refractivity contribution in [2.45, 2.75) is 0 Å². The minimum atomic E-state index is -0.299. The number of hydrogen-bond acceptors (Lipinski definition) is 1. The molecule has 0 aliphatic rings. The minimum Gasteiger partial charge on any atom is -0.309 e. The summed E-state index contributed by atoms with van der Waals surface area (Å²) in [7, 11) is 0. The molecule has 0 bridgehead atoms. The number of nitrogens with zero attached hydrogens (tertiary/aromatic N) is 5. The van der Waals surface area contributed by atoms with Gasteiger partial charge in [-0.1, -0.05) is 170 Å². The van der Waals surface area contributed by atoms with Crippen LogP contribution in [0.5, 0.6) is 0 Å². The largest absolute Gasteiger partial charge is 0.309 e. The highest BCUT2D eigenvalue weighted by Gasteiger charge is 2.25. The van der Waals surface area contributed by atoms with E-state index in [4.69, 9.17) is 7.73 Å². The molecule has 5 aromatic heterocycles. The van der Waals surface area contributed by atoms with Gasteiger partial charge in [0.2, 0.25) is 0 Å². The van der Waals surface area contributed by atoms with Gasteiger partial charge in [0.05, 0.1) is 55.3 Å². The molecule has 0 atom stereocenters. The lowest BCUT2D eigenvalue weighted by Gasteiger charge is -2.21. The van der Waals surface area contributed by atoms with Crippen LogP contribution in [-0.2, 0) is 0 Å². The van der Waals surface area contributed by atoms with Crippen molar-refractivity contribution in [2.24, 2.45) is 0 Å². The molecule has 0 saturated heterocycles. The van der Waals surface area contributed by atoms with Crippen LogP contribution in [-0.4, -0.2) is 23.3 Å². The van der Waals surface area contributed by atoms with Crippen LogP contribution in [0.3, 0.4) is 0 Å². The monoisotopic (exact) mass is 895 g/mol. The average molecular weight is 896 g/mol. The third-order valence-electron chi connectivity index (χ3n) is 14.3. The minimum absolute atomic E-state index is 0.0866. The van der Waals surface area contributed by atoms with Gasteiger partial charge in [-0.2, -0.15) is 0 Å². The maximum absolute atomic E-state index is 9.56. The summed E-state index contributed by atoms with van der Waals surface area (Å²) in [4.78, 5) is 5.65. The van der Waals surface area contributed by atoms with Crippen molar-refractivity contribution in [3.63, 3.8) is 0 Å². The molecule has 5 nitrogen and oxygen atoms in total. The van der Waals surface area contributed by atoms with Crippen LogP contribution in [0.15, 0.2) is 249 Å². The van der Waals surface area contributed by atoms with Gasteiger partial charge < -0.3 is 9.13 Å². The first kappa shape index (κ1) is 34.8. The predicted octanol–water partition coefficient (Wildman–Crippen LogP) is 16.8. The van der Waals surface area contributed by atoms with Gasteiger partial charge in [0.15, 0.2) is 0 Å². The second-order valence-electron chi connectivity index (χ2n) is 18.0. The van der Waals surface area contributed by atoms with Crippen LogP contribution in [0.25, 0.3) is 132 Å². The topological polar surface area (TPSA) is 32.6 Å². The molecule has 15 rings (SSSR count). The molecule has 0 unspecified atom stereocenters. The molecule has 5 heteroatoms. The van der Waals surface area contributed by atoms with Gasteiger partial charge >= 0.3 is 0 Å². The Bertz CT molecular complexity index is 4740. The van der Waals surface area contributed by atoms with E-state index in [0.29, 0.717) is 27.9 Å². The molecule has 0 radical (unpaired) electrons. The molecule has 0 saturated carbocycles. The quantitative estimate of drug-likeness (QED) is 0.164. The lowest BCUT2D eigenvalue weighted by atomic mass is 9.90. The van der Waals surface area contributed by atoms with Crippen molar-refractivity contribution in [3.05, 3.63) is 249 Å². The molecule has 0 fully saturated rings. The standard InChI is InChI=1S/C65H41N5/c1-2-20-43(21-3-1)67-59-37-17-10-28-52(59)65-51(30-19-39-61(65)67)50-29-18-38-60(68-53-31-11-4-22-44(53)45-23-5-12-32-54(45)68)64(50)42-40-62(69-55-33-13-6-24-46(55)47-25-7-14-34-56(47)69)66-63(41-42)70-57-35-15-8-26-48(57)49-27-9-16-36-58(49)70/h1-41H/i6D,13D,24D,33D. The molecule has 0 aliphatic heterocycles. The van der Waals surface area contributed by atoms with Gasteiger partial charge in [-0.3, -0.25) is 9.13 Å². The summed E-state index contributed by atoms with van der Waals surface area (Å²) >= 11 is 0. The fourth-order valence-electron chi connectivity index (χ4n) is 11.5. The van der Waals surface area contributed by atoms with Crippen LogP contribution in [0.1, 0.15) is 5.48 Å². The van der Waals surface area contributed by atoms with E-state index in [2.05, 4.69) is 214 Å². The molecule has 5 heterocycles. The molecule has 0 N–H and O–H groups in total. The number of benzene rings is 10. The molecule has 70 heavy (non-hydrogen) atoms. The predicted molar refractivity (Wildman–Crippen MR) is 292 cm³/mol. The van der Waals surface area contributed by atoms with Crippen molar-refractivity contribution < 1.29 is 5.48 Å². The van der Waals surface area contributed by atoms with E-state index < -0.39 is 0 Å². The fraction of sp³-hybridized carbons (Fsp3) is 0. The van der Waals surface area contributed by atoms with Gasteiger partial charge in [-0.15, -0.1) is 0 Å². The fourth-order valence-corrected chi connectivity index (χ4v) is 11.5. The molecule has 0 aliphatic carbocycles. The smallest absolute Gasteiger partial charge is 0.140 e. The zero-order chi connectivity index (χ0) is 49.3. The first-order valence-corrected chi connectivity index (χ1v) is 23.6. The molecule has 326 valence electrons. The van der Waals surface area contributed by atoms with Crippen LogP contribution >= 0.6 is 0 Å². The number of pyridine rings is 1. The summed E-state index contributed by atoms with van der Waals surface area (Å²) < 4.78 is 45.7. The Morgan fingerprint density at radius 3 is 1.33 bits per heavy atom. The maximum Gasteiger partial charge on any atom is 0.140 e. The highest BCUT2D eigenvalue weighted by molar-refractivity contribution is 6.18. The van der Waals surface area contributed by atoms with Crippen LogP contribution in [0.2, 0.25) is 0 Å². The second kappa shape index (κ2) is 15.0. The number of rotatable bonds is 6. The normalized spacial score (nSPS) is 12.8. The van der Waals surface area contributed by atoms with Gasteiger partial charge in [0.1, 0.15) is 11.6 Å². The summed E-state index contributed by atoms with van der Waals surface area (Å²) in [6.07, 6.45) is 0. The maximum atomic E-state index is 9.56. The van der Waals surface area contributed by atoms with Crippen molar-refractivity contribution in [1.29, 1.82) is 0 Å². The lowest BCUT2D eigenvalue weighted by Crippen LogP contribution is -2.06. The zero-order valence-corrected chi connectivity index (χ0v) is 37.6. The van der Waals surface area contributed by atoms with Crippen LogP contribution in [0.4, 0.5) is 0 Å². The molecular weight excluding hydrogens is 851 g/mol. The Balaban J connectivity index is 1.14. The van der Waals surface area contributed by atoms with E-state index in [-0.39, 0.29) is 24.2 Å². The lowest BCUT2D eigenvalue weighted by molar-refractivity contribution is 1.01. The SMILES string of the molecule is [2H]c1c([2H])c([2H])c2c(c1[2H])c1ccccc1n2-c1cc(-c2c(-c3cccc4c3c3ccccc3n4-c3ccccc3)cccc2-n2c3ccccc3c3ccccc32)cc(-n2c3ccccc3c3ccccc32)n1. The number of aromatic nitrogens is 5. The van der Waals surface area contributed by atoms with E-state index in [1.54, 1.807) is 0 Å². The third-order valence-corrected chi connectivity index (χ3v) is 14.3. The van der Waals surface area contributed by atoms with Gasteiger partial charge in [0, 0.05) is 54.3 Å². The summed E-state index contributed by atoms with van der Waals surface area (Å²) in [5, 5.41) is 7.91. The Labute approximate surface area is 408 Å². The Morgan fingerprint density at radius 2 is 0.743 bits per heavy atom. The average Bonchev–Trinajstić information content (AvgIpc) is 4.23. The van der Waals surface area contributed by atoms with Crippen molar-refractivity contribution in [2.75, 3.05) is 0 Å². The second-order valence-corrected chi connectivity index (χ2v) is 18.0. The molecule has 10 aromatic carbocycles. The van der Waals surface area contributed by atoms with E-state index >= 15 is 0 Å². The van der Waals surface area contributed by atoms with E-state index in [1.165, 1.54) is 0 Å². The zero-order valence-electron chi connectivity index (χ0n) is 41.6. The van der Waals surface area contributed by atoms with Crippen molar-refractivity contribution in [1.82, 2.24) is 23.3 Å². The van der Waals surface area contributed by atoms with Crippen molar-refractivity contribution >= 4 is 87.2 Å². The highest BCUT2D eigenvalue weighted by Crippen LogP contribution is 2.47. The number of hydrogen-bond donors (Lipinski definition) is 0. The molecule has 15 aromatic rings. The molecule has 0 amide bonds.